The number of benzene rings is 1. The molecule has 0 aromatic heterocycles. The van der Waals surface area contributed by atoms with Gasteiger partial charge in [0.1, 0.15) is 5.75 Å². The first-order valence-corrected chi connectivity index (χ1v) is 7.54. The molecule has 1 aliphatic heterocycles. The van der Waals surface area contributed by atoms with Crippen LogP contribution in [0.3, 0.4) is 0 Å². The van der Waals surface area contributed by atoms with E-state index in [9.17, 15) is 4.79 Å². The van der Waals surface area contributed by atoms with Crippen molar-refractivity contribution in [2.75, 3.05) is 28.4 Å². The molecule has 1 heterocycles. The van der Waals surface area contributed by atoms with E-state index in [1.54, 1.807) is 33.3 Å². The zero-order chi connectivity index (χ0) is 17.9. The number of nitrogens with one attached hydrogen (secondary N) is 2. The van der Waals surface area contributed by atoms with Gasteiger partial charge in [-0.05, 0) is 25.2 Å². The van der Waals surface area contributed by atoms with E-state index in [4.69, 9.17) is 31.2 Å². The lowest BCUT2D eigenvalue weighted by molar-refractivity contribution is -0.136. The molecule has 1 aromatic carbocycles. The Morgan fingerprint density at radius 1 is 1.04 bits per heavy atom. The average molecular weight is 352 g/mol. The van der Waals surface area contributed by atoms with Gasteiger partial charge >= 0.3 is 5.97 Å². The number of rotatable bonds is 5. The first-order chi connectivity index (χ1) is 11.5. The molecule has 1 atom stereocenters. The van der Waals surface area contributed by atoms with Crippen LogP contribution < -0.4 is 24.8 Å². The van der Waals surface area contributed by atoms with Crippen LogP contribution in [0.5, 0.6) is 17.2 Å². The Balaban J connectivity index is 2.65. The zero-order valence-corrected chi connectivity index (χ0v) is 15.0. The number of hydrogen-bond donors (Lipinski definition) is 2. The van der Waals surface area contributed by atoms with Gasteiger partial charge in [-0.2, -0.15) is 0 Å². The molecule has 0 bridgehead atoms. The van der Waals surface area contributed by atoms with E-state index >= 15 is 0 Å². The molecule has 24 heavy (non-hydrogen) atoms. The highest BCUT2D eigenvalue weighted by Crippen LogP contribution is 2.40. The summed E-state index contributed by atoms with van der Waals surface area (Å²) in [6, 6.07) is 2.91. The lowest BCUT2D eigenvalue weighted by atomic mass is 9.94. The topological polar surface area (TPSA) is 78.1 Å². The van der Waals surface area contributed by atoms with E-state index in [1.165, 1.54) is 14.2 Å². The monoisotopic (exact) mass is 352 g/mol. The highest BCUT2D eigenvalue weighted by molar-refractivity contribution is 7.80. The highest BCUT2D eigenvalue weighted by Gasteiger charge is 2.33. The number of methoxy groups -OCH3 is 4. The van der Waals surface area contributed by atoms with Gasteiger partial charge in [-0.3, -0.25) is 0 Å². The fraction of sp³-hybridized carbons (Fsp3) is 0.375. The molecular formula is C16H20N2O5S. The Hall–Kier alpha value is -2.48. The summed E-state index contributed by atoms with van der Waals surface area (Å²) < 4.78 is 21.0. The van der Waals surface area contributed by atoms with E-state index in [2.05, 4.69) is 10.6 Å². The van der Waals surface area contributed by atoms with Gasteiger partial charge < -0.3 is 29.6 Å². The Kier molecular flexibility index (Phi) is 5.50. The third kappa shape index (κ3) is 3.23. The van der Waals surface area contributed by atoms with Crippen molar-refractivity contribution >= 4 is 23.3 Å². The summed E-state index contributed by atoms with van der Waals surface area (Å²) in [7, 11) is 5.95. The molecule has 7 nitrogen and oxygen atoms in total. The highest BCUT2D eigenvalue weighted by atomic mass is 32.1. The Morgan fingerprint density at radius 3 is 2.17 bits per heavy atom. The molecule has 1 aromatic rings. The summed E-state index contributed by atoms with van der Waals surface area (Å²) in [5.74, 6) is 1.11. The maximum Gasteiger partial charge on any atom is 0.337 e. The van der Waals surface area contributed by atoms with Crippen molar-refractivity contribution in [2.45, 2.75) is 13.0 Å². The average Bonchev–Trinajstić information content (AvgIpc) is 2.59. The van der Waals surface area contributed by atoms with Gasteiger partial charge in [0, 0.05) is 17.3 Å². The van der Waals surface area contributed by atoms with Crippen molar-refractivity contribution in [1.29, 1.82) is 0 Å². The summed E-state index contributed by atoms with van der Waals surface area (Å²) in [5.41, 5.74) is 1.71. The quantitative estimate of drug-likeness (QED) is 0.612. The smallest absolute Gasteiger partial charge is 0.337 e. The second kappa shape index (κ2) is 7.39. The Morgan fingerprint density at radius 2 is 1.62 bits per heavy atom. The number of carbonyl (C=O) groups is 1. The van der Waals surface area contributed by atoms with Gasteiger partial charge in [0.2, 0.25) is 0 Å². The molecule has 0 spiro atoms. The van der Waals surface area contributed by atoms with Crippen LogP contribution in [0.1, 0.15) is 18.5 Å². The molecule has 2 N–H and O–H groups in total. The fourth-order valence-electron chi connectivity index (χ4n) is 2.59. The molecule has 0 aliphatic carbocycles. The van der Waals surface area contributed by atoms with Crippen LogP contribution in [0.4, 0.5) is 0 Å². The second-order valence-electron chi connectivity index (χ2n) is 5.01. The third-order valence-electron chi connectivity index (χ3n) is 3.72. The van der Waals surface area contributed by atoms with Crippen molar-refractivity contribution in [1.82, 2.24) is 10.6 Å². The van der Waals surface area contributed by atoms with Crippen LogP contribution >= 0.6 is 12.2 Å². The van der Waals surface area contributed by atoms with Crippen LogP contribution in [-0.2, 0) is 9.53 Å². The minimum Gasteiger partial charge on any atom is -0.496 e. The maximum atomic E-state index is 12.2. The number of allylic oxidation sites excluding steroid dienone is 1. The van der Waals surface area contributed by atoms with Crippen LogP contribution in [-0.4, -0.2) is 39.5 Å². The number of esters is 1. The van der Waals surface area contributed by atoms with Crippen LogP contribution in [0, 0.1) is 0 Å². The third-order valence-corrected chi connectivity index (χ3v) is 3.94. The number of ether oxygens (including phenoxy) is 4. The molecule has 2 rings (SSSR count). The van der Waals surface area contributed by atoms with Crippen molar-refractivity contribution in [3.63, 3.8) is 0 Å². The van der Waals surface area contributed by atoms with Gasteiger partial charge in [-0.1, -0.05) is 0 Å². The number of hydrogen-bond acceptors (Lipinski definition) is 6. The normalized spacial score (nSPS) is 16.9. The van der Waals surface area contributed by atoms with Crippen LogP contribution in [0.2, 0.25) is 0 Å². The maximum absolute atomic E-state index is 12.2. The van der Waals surface area contributed by atoms with Gasteiger partial charge in [0.25, 0.3) is 0 Å². The van der Waals surface area contributed by atoms with Crippen LogP contribution in [0.15, 0.2) is 23.4 Å². The molecule has 0 amide bonds. The Labute approximate surface area is 145 Å². The SMILES string of the molecule is COC(=O)C1=C(C)NC(=S)N[C@@H]1c1cc(OC)c(OC)cc1OC. The van der Waals surface area contributed by atoms with E-state index < -0.39 is 12.0 Å². The number of carbonyl (C=O) groups excluding carboxylic acids is 1. The van der Waals surface area contributed by atoms with Gasteiger partial charge in [0.05, 0.1) is 40.1 Å². The van der Waals surface area contributed by atoms with Crippen molar-refractivity contribution in [3.05, 3.63) is 29.0 Å². The molecule has 0 unspecified atom stereocenters. The predicted molar refractivity (Wildman–Crippen MR) is 92.4 cm³/mol. The minimum atomic E-state index is -0.541. The molecule has 0 saturated heterocycles. The van der Waals surface area contributed by atoms with Gasteiger partial charge in [-0.25, -0.2) is 4.79 Å². The van der Waals surface area contributed by atoms with Gasteiger partial charge in [-0.15, -0.1) is 0 Å². The standard InChI is InChI=1S/C16H20N2O5S/c1-8-13(15(19)23-5)14(18-16(24)17-8)9-6-11(21-3)12(22-4)7-10(9)20-2/h6-7,14H,1-5H3,(H2,17,18,24)/t14-/m1/s1. The molecular weight excluding hydrogens is 332 g/mol. The molecule has 130 valence electrons. The summed E-state index contributed by atoms with van der Waals surface area (Å²) in [4.78, 5) is 12.2. The van der Waals surface area contributed by atoms with Crippen LogP contribution in [0.25, 0.3) is 0 Å². The lowest BCUT2D eigenvalue weighted by Crippen LogP contribution is -2.45. The molecule has 0 radical (unpaired) electrons. The van der Waals surface area contributed by atoms with E-state index in [-0.39, 0.29) is 0 Å². The van der Waals surface area contributed by atoms with E-state index in [0.717, 1.165) is 0 Å². The zero-order valence-electron chi connectivity index (χ0n) is 14.2. The largest absolute Gasteiger partial charge is 0.496 e. The van der Waals surface area contributed by atoms with E-state index in [1.807, 2.05) is 0 Å². The molecule has 8 heteroatoms. The minimum absolute atomic E-state index is 0.405. The van der Waals surface area contributed by atoms with Gasteiger partial charge in [0.15, 0.2) is 16.6 Å². The lowest BCUT2D eigenvalue weighted by Gasteiger charge is -2.30. The fourth-order valence-corrected chi connectivity index (χ4v) is 2.86. The van der Waals surface area contributed by atoms with Crippen molar-refractivity contribution in [2.24, 2.45) is 0 Å². The summed E-state index contributed by atoms with van der Waals surface area (Å²) in [6.07, 6.45) is 0. The first kappa shape index (κ1) is 17.9. The Bertz CT molecular complexity index is 702. The number of thiocarbonyl (C=S) groups is 1. The van der Waals surface area contributed by atoms with Crippen molar-refractivity contribution in [3.8, 4) is 17.2 Å². The second-order valence-corrected chi connectivity index (χ2v) is 5.42. The summed E-state index contributed by atoms with van der Waals surface area (Å²) >= 11 is 5.22. The molecule has 1 aliphatic rings. The predicted octanol–water partition coefficient (Wildman–Crippen LogP) is 1.68. The molecule has 0 fully saturated rings. The summed E-state index contributed by atoms with van der Waals surface area (Å²) in [6.45, 7) is 1.76. The van der Waals surface area contributed by atoms with E-state index in [0.29, 0.717) is 39.2 Å². The first-order valence-electron chi connectivity index (χ1n) is 7.13. The van der Waals surface area contributed by atoms with Crippen molar-refractivity contribution < 1.29 is 23.7 Å². The summed E-state index contributed by atoms with van der Waals surface area (Å²) in [5, 5.41) is 6.42. The molecule has 0 saturated carbocycles.